The standard InChI is InChI=1S/C12H19NO2/c1-4-9-7-10(12(8-13)15-3)5-6-11(9)14-2/h5-7,12H,4,8,13H2,1-3H3. The molecule has 15 heavy (non-hydrogen) atoms. The summed E-state index contributed by atoms with van der Waals surface area (Å²) in [4.78, 5) is 0. The van der Waals surface area contributed by atoms with Gasteiger partial charge in [0.1, 0.15) is 5.75 Å². The van der Waals surface area contributed by atoms with Crippen molar-refractivity contribution in [2.75, 3.05) is 20.8 Å². The second kappa shape index (κ2) is 5.73. The molecule has 0 fully saturated rings. The summed E-state index contributed by atoms with van der Waals surface area (Å²) in [5, 5.41) is 0. The number of benzene rings is 1. The Morgan fingerprint density at radius 3 is 2.53 bits per heavy atom. The highest BCUT2D eigenvalue weighted by Crippen LogP contribution is 2.24. The molecule has 0 aliphatic rings. The van der Waals surface area contributed by atoms with Crippen molar-refractivity contribution in [3.63, 3.8) is 0 Å². The van der Waals surface area contributed by atoms with Gasteiger partial charge in [0.2, 0.25) is 0 Å². The summed E-state index contributed by atoms with van der Waals surface area (Å²) in [6.45, 7) is 2.60. The second-order valence-corrected chi connectivity index (χ2v) is 3.38. The minimum Gasteiger partial charge on any atom is -0.496 e. The molecule has 0 amide bonds. The lowest BCUT2D eigenvalue weighted by Gasteiger charge is -2.15. The predicted octanol–water partition coefficient (Wildman–Crippen LogP) is 1.90. The summed E-state index contributed by atoms with van der Waals surface area (Å²) in [6, 6.07) is 6.06. The minimum absolute atomic E-state index is 0.0267. The average Bonchev–Trinajstić information content (AvgIpc) is 2.30. The van der Waals surface area contributed by atoms with Crippen LogP contribution in [0.4, 0.5) is 0 Å². The molecule has 2 N–H and O–H groups in total. The number of ether oxygens (including phenoxy) is 2. The van der Waals surface area contributed by atoms with Crippen LogP contribution in [0.1, 0.15) is 24.2 Å². The van der Waals surface area contributed by atoms with E-state index in [1.54, 1.807) is 14.2 Å². The van der Waals surface area contributed by atoms with Gasteiger partial charge in [-0.3, -0.25) is 0 Å². The van der Waals surface area contributed by atoms with E-state index < -0.39 is 0 Å². The summed E-state index contributed by atoms with van der Waals surface area (Å²) in [5.41, 5.74) is 7.92. The summed E-state index contributed by atoms with van der Waals surface area (Å²) < 4.78 is 10.6. The van der Waals surface area contributed by atoms with Crippen LogP contribution < -0.4 is 10.5 Å². The summed E-state index contributed by atoms with van der Waals surface area (Å²) in [7, 11) is 3.36. The van der Waals surface area contributed by atoms with Crippen molar-refractivity contribution in [3.05, 3.63) is 29.3 Å². The first-order valence-corrected chi connectivity index (χ1v) is 5.16. The fraction of sp³-hybridized carbons (Fsp3) is 0.500. The number of rotatable bonds is 5. The Morgan fingerprint density at radius 1 is 1.33 bits per heavy atom. The molecule has 1 unspecified atom stereocenters. The van der Waals surface area contributed by atoms with Gasteiger partial charge in [0, 0.05) is 13.7 Å². The van der Waals surface area contributed by atoms with Gasteiger partial charge in [-0.1, -0.05) is 13.0 Å². The zero-order valence-corrected chi connectivity index (χ0v) is 9.62. The van der Waals surface area contributed by atoms with Crippen molar-refractivity contribution in [2.24, 2.45) is 5.73 Å². The van der Waals surface area contributed by atoms with Crippen LogP contribution in [-0.4, -0.2) is 20.8 Å². The van der Waals surface area contributed by atoms with Gasteiger partial charge in [0.15, 0.2) is 0 Å². The maximum absolute atomic E-state index is 5.62. The third kappa shape index (κ3) is 2.70. The second-order valence-electron chi connectivity index (χ2n) is 3.38. The van der Waals surface area contributed by atoms with Gasteiger partial charge in [-0.05, 0) is 29.7 Å². The molecule has 1 aromatic rings. The van der Waals surface area contributed by atoms with E-state index in [-0.39, 0.29) is 6.10 Å². The van der Waals surface area contributed by atoms with Crippen molar-refractivity contribution in [1.82, 2.24) is 0 Å². The number of methoxy groups -OCH3 is 2. The summed E-state index contributed by atoms with van der Waals surface area (Å²) in [5.74, 6) is 0.924. The molecule has 1 aromatic carbocycles. The molecule has 0 spiro atoms. The predicted molar refractivity (Wildman–Crippen MR) is 61.2 cm³/mol. The van der Waals surface area contributed by atoms with Gasteiger partial charge in [-0.2, -0.15) is 0 Å². The first-order valence-electron chi connectivity index (χ1n) is 5.16. The van der Waals surface area contributed by atoms with E-state index in [0.29, 0.717) is 6.54 Å². The molecule has 0 heterocycles. The number of hydrogen-bond acceptors (Lipinski definition) is 3. The third-order valence-corrected chi connectivity index (χ3v) is 2.56. The van der Waals surface area contributed by atoms with Crippen LogP contribution in [0.15, 0.2) is 18.2 Å². The molecule has 0 saturated heterocycles. The molecule has 3 nitrogen and oxygen atoms in total. The third-order valence-electron chi connectivity index (χ3n) is 2.56. The van der Waals surface area contributed by atoms with Crippen LogP contribution in [0, 0.1) is 0 Å². The lowest BCUT2D eigenvalue weighted by atomic mass is 10.0. The zero-order valence-electron chi connectivity index (χ0n) is 9.62. The van der Waals surface area contributed by atoms with Gasteiger partial charge >= 0.3 is 0 Å². The Labute approximate surface area is 91.2 Å². The topological polar surface area (TPSA) is 44.5 Å². The summed E-state index contributed by atoms with van der Waals surface area (Å²) in [6.07, 6.45) is 0.916. The maximum Gasteiger partial charge on any atom is 0.122 e. The Kier molecular flexibility index (Phi) is 4.59. The quantitative estimate of drug-likeness (QED) is 0.805. The normalized spacial score (nSPS) is 12.5. The highest BCUT2D eigenvalue weighted by Gasteiger charge is 2.10. The molecule has 1 atom stereocenters. The van der Waals surface area contributed by atoms with E-state index in [9.17, 15) is 0 Å². The van der Waals surface area contributed by atoms with Gasteiger partial charge < -0.3 is 15.2 Å². The largest absolute Gasteiger partial charge is 0.496 e. The summed E-state index contributed by atoms with van der Waals surface area (Å²) >= 11 is 0. The van der Waals surface area contributed by atoms with Crippen LogP contribution in [0.5, 0.6) is 5.75 Å². The van der Waals surface area contributed by atoms with Crippen molar-refractivity contribution >= 4 is 0 Å². The molecule has 0 radical (unpaired) electrons. The molecule has 0 aliphatic carbocycles. The Bertz CT molecular complexity index is 308. The smallest absolute Gasteiger partial charge is 0.122 e. The molecule has 0 saturated carbocycles. The van der Waals surface area contributed by atoms with E-state index in [2.05, 4.69) is 13.0 Å². The SMILES string of the molecule is CCc1cc(C(CN)OC)ccc1OC. The molecular formula is C12H19NO2. The van der Waals surface area contributed by atoms with Crippen molar-refractivity contribution in [3.8, 4) is 5.75 Å². The minimum atomic E-state index is -0.0267. The average molecular weight is 209 g/mol. The number of hydrogen-bond donors (Lipinski definition) is 1. The van der Waals surface area contributed by atoms with Gasteiger partial charge in [0.05, 0.1) is 13.2 Å². The van der Waals surface area contributed by atoms with Crippen LogP contribution in [0.2, 0.25) is 0 Å². The van der Waals surface area contributed by atoms with E-state index in [1.807, 2.05) is 12.1 Å². The number of aryl methyl sites for hydroxylation is 1. The Hall–Kier alpha value is -1.06. The van der Waals surface area contributed by atoms with Crippen LogP contribution in [0.25, 0.3) is 0 Å². The van der Waals surface area contributed by atoms with Crippen molar-refractivity contribution < 1.29 is 9.47 Å². The van der Waals surface area contributed by atoms with Crippen molar-refractivity contribution in [2.45, 2.75) is 19.4 Å². The van der Waals surface area contributed by atoms with Crippen LogP contribution >= 0.6 is 0 Å². The Balaban J connectivity index is 3.01. The van der Waals surface area contributed by atoms with Crippen LogP contribution in [0.3, 0.4) is 0 Å². The van der Waals surface area contributed by atoms with Crippen molar-refractivity contribution in [1.29, 1.82) is 0 Å². The molecule has 0 aromatic heterocycles. The molecule has 84 valence electrons. The van der Waals surface area contributed by atoms with E-state index in [1.165, 1.54) is 5.56 Å². The molecule has 0 bridgehead atoms. The molecule has 0 aliphatic heterocycles. The first-order chi connectivity index (χ1) is 7.26. The monoisotopic (exact) mass is 209 g/mol. The highest BCUT2D eigenvalue weighted by molar-refractivity contribution is 5.38. The zero-order chi connectivity index (χ0) is 11.3. The van der Waals surface area contributed by atoms with Gasteiger partial charge in [0.25, 0.3) is 0 Å². The Morgan fingerprint density at radius 2 is 2.07 bits per heavy atom. The first kappa shape index (κ1) is 12.0. The van der Waals surface area contributed by atoms with Gasteiger partial charge in [-0.25, -0.2) is 0 Å². The number of nitrogens with two attached hydrogens (primary N) is 1. The van der Waals surface area contributed by atoms with Crippen LogP contribution in [-0.2, 0) is 11.2 Å². The molecular weight excluding hydrogens is 190 g/mol. The van der Waals surface area contributed by atoms with E-state index in [4.69, 9.17) is 15.2 Å². The molecule has 3 heteroatoms. The maximum atomic E-state index is 5.62. The van der Waals surface area contributed by atoms with E-state index >= 15 is 0 Å². The fourth-order valence-corrected chi connectivity index (χ4v) is 1.64. The lowest BCUT2D eigenvalue weighted by Crippen LogP contribution is -2.14. The van der Waals surface area contributed by atoms with E-state index in [0.717, 1.165) is 17.7 Å². The van der Waals surface area contributed by atoms with Gasteiger partial charge in [-0.15, -0.1) is 0 Å². The molecule has 1 rings (SSSR count). The highest BCUT2D eigenvalue weighted by atomic mass is 16.5. The lowest BCUT2D eigenvalue weighted by molar-refractivity contribution is 0.110. The fourth-order valence-electron chi connectivity index (χ4n) is 1.64.